The third-order valence-electron chi connectivity index (χ3n) is 3.05. The van der Waals surface area contributed by atoms with Crippen LogP contribution in [0.5, 0.6) is 23.0 Å². The number of amides is 2. The van der Waals surface area contributed by atoms with Crippen LogP contribution in [0.1, 0.15) is 27.6 Å². The Labute approximate surface area is 137 Å². The van der Waals surface area contributed by atoms with Gasteiger partial charge in [0.05, 0.1) is 12.2 Å². The van der Waals surface area contributed by atoms with Crippen molar-refractivity contribution in [3.05, 3.63) is 47.5 Å². The number of benzene rings is 2. The van der Waals surface area contributed by atoms with Crippen LogP contribution in [0.15, 0.2) is 36.4 Å². The fourth-order valence-corrected chi connectivity index (χ4v) is 1.92. The van der Waals surface area contributed by atoms with Crippen LogP contribution in [-0.2, 0) is 0 Å². The molecule has 0 aromatic heterocycles. The van der Waals surface area contributed by atoms with E-state index in [0.29, 0.717) is 12.4 Å². The monoisotopic (exact) mass is 332 g/mol. The van der Waals surface area contributed by atoms with Crippen LogP contribution in [0.2, 0.25) is 0 Å². The maximum Gasteiger partial charge on any atom is 0.273 e. The summed E-state index contributed by atoms with van der Waals surface area (Å²) >= 11 is 0. The molecule has 8 nitrogen and oxygen atoms in total. The summed E-state index contributed by atoms with van der Waals surface area (Å²) in [6, 6.07) is 8.41. The van der Waals surface area contributed by atoms with Crippen molar-refractivity contribution < 1.29 is 29.6 Å². The Balaban J connectivity index is 2.08. The normalized spacial score (nSPS) is 10.0. The van der Waals surface area contributed by atoms with E-state index in [9.17, 15) is 24.9 Å². The van der Waals surface area contributed by atoms with Crippen molar-refractivity contribution in [1.82, 2.24) is 10.9 Å². The Morgan fingerprint density at radius 1 is 1.00 bits per heavy atom. The van der Waals surface area contributed by atoms with Crippen molar-refractivity contribution in [2.24, 2.45) is 0 Å². The summed E-state index contributed by atoms with van der Waals surface area (Å²) in [4.78, 5) is 24.1. The number of hydrogen-bond donors (Lipinski definition) is 5. The van der Waals surface area contributed by atoms with E-state index < -0.39 is 29.1 Å². The lowest BCUT2D eigenvalue weighted by Gasteiger charge is -2.11. The number of phenolic OH excluding ortho intramolecular Hbond substituents is 3. The van der Waals surface area contributed by atoms with E-state index in [0.717, 1.165) is 12.1 Å². The lowest BCUT2D eigenvalue weighted by molar-refractivity contribution is 0.0844. The number of ether oxygens (including phenoxy) is 1. The number of carbonyl (C=O) groups is 2. The van der Waals surface area contributed by atoms with Crippen LogP contribution in [0.25, 0.3) is 0 Å². The molecule has 126 valence electrons. The van der Waals surface area contributed by atoms with E-state index in [4.69, 9.17) is 4.74 Å². The van der Waals surface area contributed by atoms with Crippen molar-refractivity contribution in [2.45, 2.75) is 6.92 Å². The molecule has 0 aliphatic carbocycles. The molecule has 0 bridgehead atoms. The number of carbonyl (C=O) groups excluding carboxylic acids is 2. The predicted octanol–water partition coefficient (Wildman–Crippen LogP) is 1.28. The van der Waals surface area contributed by atoms with Gasteiger partial charge < -0.3 is 20.1 Å². The second kappa shape index (κ2) is 7.23. The van der Waals surface area contributed by atoms with Crippen LogP contribution in [-0.4, -0.2) is 33.7 Å². The van der Waals surface area contributed by atoms with Gasteiger partial charge in [0.2, 0.25) is 0 Å². The fraction of sp³-hybridized carbons (Fsp3) is 0.125. The van der Waals surface area contributed by atoms with E-state index in [2.05, 4.69) is 10.9 Å². The zero-order valence-corrected chi connectivity index (χ0v) is 12.7. The number of nitrogens with one attached hydrogen (secondary N) is 2. The van der Waals surface area contributed by atoms with Gasteiger partial charge >= 0.3 is 0 Å². The van der Waals surface area contributed by atoms with Crippen LogP contribution in [0.3, 0.4) is 0 Å². The van der Waals surface area contributed by atoms with Crippen molar-refractivity contribution in [2.75, 3.05) is 6.61 Å². The Kier molecular flexibility index (Phi) is 5.10. The highest BCUT2D eigenvalue weighted by Gasteiger charge is 2.16. The van der Waals surface area contributed by atoms with Crippen LogP contribution in [0.4, 0.5) is 0 Å². The molecular formula is C16H16N2O6. The van der Waals surface area contributed by atoms with E-state index in [-0.39, 0.29) is 11.1 Å². The molecule has 0 fully saturated rings. The van der Waals surface area contributed by atoms with Gasteiger partial charge in [0.1, 0.15) is 5.75 Å². The van der Waals surface area contributed by atoms with Gasteiger partial charge in [-0.1, -0.05) is 12.1 Å². The number of hydrazine groups is 1. The smallest absolute Gasteiger partial charge is 0.273 e. The highest BCUT2D eigenvalue weighted by atomic mass is 16.5. The minimum atomic E-state index is -0.789. The van der Waals surface area contributed by atoms with Gasteiger partial charge in [-0.05, 0) is 31.2 Å². The zero-order chi connectivity index (χ0) is 17.7. The van der Waals surface area contributed by atoms with E-state index >= 15 is 0 Å². The second-order valence-corrected chi connectivity index (χ2v) is 4.70. The van der Waals surface area contributed by atoms with Gasteiger partial charge in [-0.2, -0.15) is 0 Å². The first-order chi connectivity index (χ1) is 11.4. The Morgan fingerprint density at radius 2 is 1.58 bits per heavy atom. The molecule has 0 saturated heterocycles. The van der Waals surface area contributed by atoms with Crippen LogP contribution in [0, 0.1) is 0 Å². The molecule has 0 saturated carbocycles. The van der Waals surface area contributed by atoms with Gasteiger partial charge in [0.25, 0.3) is 11.8 Å². The number of aromatic hydroxyl groups is 3. The highest BCUT2D eigenvalue weighted by Crippen LogP contribution is 2.35. The average molecular weight is 332 g/mol. The number of phenols is 3. The minimum absolute atomic E-state index is 0.152. The summed E-state index contributed by atoms with van der Waals surface area (Å²) in [7, 11) is 0. The minimum Gasteiger partial charge on any atom is -0.504 e. The summed E-state index contributed by atoms with van der Waals surface area (Å²) in [6.45, 7) is 2.16. The summed E-state index contributed by atoms with van der Waals surface area (Å²) in [5.74, 6) is -3.07. The first-order valence-electron chi connectivity index (χ1n) is 7.01. The molecule has 2 aromatic rings. The van der Waals surface area contributed by atoms with Crippen molar-refractivity contribution >= 4 is 11.8 Å². The molecule has 2 aromatic carbocycles. The predicted molar refractivity (Wildman–Crippen MR) is 84.0 cm³/mol. The first-order valence-corrected chi connectivity index (χ1v) is 7.01. The van der Waals surface area contributed by atoms with Crippen LogP contribution >= 0.6 is 0 Å². The zero-order valence-electron chi connectivity index (χ0n) is 12.7. The lowest BCUT2D eigenvalue weighted by Crippen LogP contribution is -2.41. The second-order valence-electron chi connectivity index (χ2n) is 4.70. The summed E-state index contributed by atoms with van der Waals surface area (Å²) in [6.07, 6.45) is 0. The summed E-state index contributed by atoms with van der Waals surface area (Å²) in [5.41, 5.74) is 4.43. The third-order valence-corrected chi connectivity index (χ3v) is 3.05. The molecule has 0 unspecified atom stereocenters. The lowest BCUT2D eigenvalue weighted by atomic mass is 10.1. The third kappa shape index (κ3) is 3.67. The van der Waals surface area contributed by atoms with E-state index in [1.54, 1.807) is 25.1 Å². The molecule has 0 aliphatic heterocycles. The molecule has 0 radical (unpaired) electrons. The van der Waals surface area contributed by atoms with Gasteiger partial charge in [-0.25, -0.2) is 0 Å². The van der Waals surface area contributed by atoms with Gasteiger partial charge in [0, 0.05) is 5.56 Å². The first kappa shape index (κ1) is 16.9. The van der Waals surface area contributed by atoms with Crippen molar-refractivity contribution in [1.29, 1.82) is 0 Å². The summed E-state index contributed by atoms with van der Waals surface area (Å²) in [5, 5.41) is 28.0. The quantitative estimate of drug-likeness (QED) is 0.424. The molecule has 0 aliphatic rings. The van der Waals surface area contributed by atoms with Gasteiger partial charge in [-0.3, -0.25) is 20.4 Å². The Bertz CT molecular complexity index is 752. The van der Waals surface area contributed by atoms with E-state index in [1.165, 1.54) is 6.07 Å². The Morgan fingerprint density at radius 3 is 2.21 bits per heavy atom. The summed E-state index contributed by atoms with van der Waals surface area (Å²) < 4.78 is 5.33. The highest BCUT2D eigenvalue weighted by molar-refractivity contribution is 6.00. The largest absolute Gasteiger partial charge is 0.504 e. The number of para-hydroxylation sites is 1. The van der Waals surface area contributed by atoms with Crippen molar-refractivity contribution in [3.63, 3.8) is 0 Å². The molecule has 2 amide bonds. The number of rotatable bonds is 4. The van der Waals surface area contributed by atoms with Gasteiger partial charge in [0.15, 0.2) is 17.2 Å². The van der Waals surface area contributed by atoms with Gasteiger partial charge in [-0.15, -0.1) is 0 Å². The standard InChI is InChI=1S/C16H16N2O6/c1-2-24-13-6-4-3-5-10(13)16(23)18-17-15(22)9-7-11(19)14(21)12(20)8-9/h3-8,19-21H,2H2,1H3,(H,17,22)(H,18,23). The molecule has 8 heteroatoms. The Hall–Kier alpha value is -3.42. The number of hydrogen-bond acceptors (Lipinski definition) is 6. The molecule has 0 atom stereocenters. The SMILES string of the molecule is CCOc1ccccc1C(=O)NNC(=O)c1cc(O)c(O)c(O)c1. The molecule has 5 N–H and O–H groups in total. The molecule has 0 spiro atoms. The molecular weight excluding hydrogens is 316 g/mol. The molecule has 2 rings (SSSR count). The van der Waals surface area contributed by atoms with Crippen molar-refractivity contribution in [3.8, 4) is 23.0 Å². The topological polar surface area (TPSA) is 128 Å². The maximum atomic E-state index is 12.1. The fourth-order valence-electron chi connectivity index (χ4n) is 1.92. The molecule has 0 heterocycles. The van der Waals surface area contributed by atoms with Crippen LogP contribution < -0.4 is 15.6 Å². The van der Waals surface area contributed by atoms with E-state index in [1.807, 2.05) is 0 Å². The molecule has 24 heavy (non-hydrogen) atoms. The maximum absolute atomic E-state index is 12.1. The average Bonchev–Trinajstić information content (AvgIpc) is 2.57.